The summed E-state index contributed by atoms with van der Waals surface area (Å²) in [5.74, 6) is 0.106. The first-order valence-corrected chi connectivity index (χ1v) is 9.97. The van der Waals surface area contributed by atoms with Crippen LogP contribution >= 0.6 is 11.8 Å². The Morgan fingerprint density at radius 1 is 1.06 bits per heavy atom. The standard InChI is InChI=1S/C18H16N10O2S/c1-28-18(23-26-27-28)31-10-15(29)19-13-7-5-11(6-8-13)17(30)20-14-4-2-3-12(9-14)16-21-24-25-22-16/h2-9H,10H2,1H3,(H,19,29)(H,20,30)(H,21,22,24,25). The number of rotatable bonds is 7. The van der Waals surface area contributed by atoms with Gasteiger partial charge in [-0.15, -0.1) is 15.3 Å². The second kappa shape index (κ2) is 9.13. The first-order valence-electron chi connectivity index (χ1n) is 8.99. The molecule has 0 saturated carbocycles. The number of aromatic nitrogens is 8. The van der Waals surface area contributed by atoms with Gasteiger partial charge in [0.15, 0.2) is 0 Å². The molecule has 13 heteroatoms. The lowest BCUT2D eigenvalue weighted by Gasteiger charge is -2.08. The lowest BCUT2D eigenvalue weighted by Crippen LogP contribution is -2.15. The van der Waals surface area contributed by atoms with E-state index < -0.39 is 0 Å². The number of aromatic amines is 1. The smallest absolute Gasteiger partial charge is 0.255 e. The maximum atomic E-state index is 12.5. The molecule has 0 aliphatic heterocycles. The molecule has 31 heavy (non-hydrogen) atoms. The highest BCUT2D eigenvalue weighted by Gasteiger charge is 2.11. The number of anilines is 2. The van der Waals surface area contributed by atoms with E-state index in [0.29, 0.717) is 27.9 Å². The van der Waals surface area contributed by atoms with Gasteiger partial charge in [0.05, 0.1) is 5.75 Å². The highest BCUT2D eigenvalue weighted by atomic mass is 32.2. The molecule has 0 aliphatic carbocycles. The molecular formula is C18H16N10O2S. The van der Waals surface area contributed by atoms with Gasteiger partial charge in [0, 0.05) is 29.5 Å². The third-order valence-electron chi connectivity index (χ3n) is 4.07. The molecule has 12 nitrogen and oxygen atoms in total. The van der Waals surface area contributed by atoms with Crippen molar-refractivity contribution in [1.29, 1.82) is 0 Å². The number of amides is 2. The minimum atomic E-state index is -0.284. The van der Waals surface area contributed by atoms with Crippen LogP contribution in [0.5, 0.6) is 0 Å². The fraction of sp³-hybridized carbons (Fsp3) is 0.111. The predicted molar refractivity (Wildman–Crippen MR) is 112 cm³/mol. The van der Waals surface area contributed by atoms with Gasteiger partial charge in [-0.25, -0.2) is 4.68 Å². The monoisotopic (exact) mass is 436 g/mol. The summed E-state index contributed by atoms with van der Waals surface area (Å²) in [5, 5.41) is 30.9. The summed E-state index contributed by atoms with van der Waals surface area (Å²) in [5.41, 5.74) is 2.35. The average Bonchev–Trinajstić information content (AvgIpc) is 3.45. The van der Waals surface area contributed by atoms with Gasteiger partial charge in [-0.2, -0.15) is 5.21 Å². The largest absolute Gasteiger partial charge is 0.325 e. The van der Waals surface area contributed by atoms with E-state index in [1.54, 1.807) is 49.5 Å². The molecule has 156 valence electrons. The number of benzene rings is 2. The van der Waals surface area contributed by atoms with Gasteiger partial charge in [0.2, 0.25) is 16.9 Å². The summed E-state index contributed by atoms with van der Waals surface area (Å²) in [6, 6.07) is 13.7. The zero-order valence-electron chi connectivity index (χ0n) is 16.2. The van der Waals surface area contributed by atoms with Gasteiger partial charge < -0.3 is 10.6 Å². The summed E-state index contributed by atoms with van der Waals surface area (Å²) in [4.78, 5) is 24.6. The van der Waals surface area contributed by atoms with Crippen molar-refractivity contribution in [3.63, 3.8) is 0 Å². The molecule has 0 bridgehead atoms. The van der Waals surface area contributed by atoms with E-state index >= 15 is 0 Å². The van der Waals surface area contributed by atoms with E-state index in [-0.39, 0.29) is 17.6 Å². The summed E-state index contributed by atoms with van der Waals surface area (Å²) >= 11 is 1.23. The number of aryl methyl sites for hydroxylation is 1. The Bertz CT molecular complexity index is 1190. The Morgan fingerprint density at radius 3 is 2.61 bits per heavy atom. The molecule has 4 rings (SSSR count). The van der Waals surface area contributed by atoms with Crippen LogP contribution in [-0.2, 0) is 11.8 Å². The molecule has 2 aromatic heterocycles. The lowest BCUT2D eigenvalue weighted by molar-refractivity contribution is -0.113. The van der Waals surface area contributed by atoms with E-state index in [9.17, 15) is 9.59 Å². The molecule has 0 fully saturated rings. The highest BCUT2D eigenvalue weighted by Crippen LogP contribution is 2.19. The molecule has 3 N–H and O–H groups in total. The predicted octanol–water partition coefficient (Wildman–Crippen LogP) is 1.37. The highest BCUT2D eigenvalue weighted by molar-refractivity contribution is 7.99. The fourth-order valence-electron chi connectivity index (χ4n) is 2.60. The summed E-state index contributed by atoms with van der Waals surface area (Å²) in [6.45, 7) is 0. The van der Waals surface area contributed by atoms with Gasteiger partial charge in [-0.3, -0.25) is 9.59 Å². The molecule has 2 aromatic carbocycles. The minimum absolute atomic E-state index is 0.160. The average molecular weight is 436 g/mol. The van der Waals surface area contributed by atoms with Gasteiger partial charge >= 0.3 is 0 Å². The Hall–Kier alpha value is -4.13. The van der Waals surface area contributed by atoms with E-state index in [4.69, 9.17) is 0 Å². The number of nitrogens with one attached hydrogen (secondary N) is 3. The van der Waals surface area contributed by atoms with Crippen LogP contribution in [0.2, 0.25) is 0 Å². The molecule has 0 saturated heterocycles. The van der Waals surface area contributed by atoms with E-state index in [0.717, 1.165) is 5.56 Å². The van der Waals surface area contributed by atoms with Gasteiger partial charge in [0.25, 0.3) is 5.91 Å². The van der Waals surface area contributed by atoms with E-state index in [1.165, 1.54) is 16.4 Å². The Labute approximate surface area is 179 Å². The third-order valence-corrected chi connectivity index (χ3v) is 5.08. The summed E-state index contributed by atoms with van der Waals surface area (Å²) < 4.78 is 1.49. The SMILES string of the molecule is Cn1nnnc1SCC(=O)Nc1ccc(C(=O)Nc2cccc(-c3nn[nH]n3)c2)cc1. The maximum Gasteiger partial charge on any atom is 0.255 e. The number of hydrogen-bond donors (Lipinski definition) is 3. The van der Waals surface area contributed by atoms with Crippen molar-refractivity contribution < 1.29 is 9.59 Å². The van der Waals surface area contributed by atoms with Gasteiger partial charge in [0.1, 0.15) is 0 Å². The number of thioether (sulfide) groups is 1. The number of nitrogens with zero attached hydrogens (tertiary/aromatic N) is 7. The Balaban J connectivity index is 1.33. The number of H-pyrrole nitrogens is 1. The van der Waals surface area contributed by atoms with Crippen molar-refractivity contribution in [3.8, 4) is 11.4 Å². The van der Waals surface area contributed by atoms with Crippen LogP contribution in [-0.4, -0.2) is 58.4 Å². The molecule has 4 aromatic rings. The van der Waals surface area contributed by atoms with E-state index in [2.05, 4.69) is 46.8 Å². The molecular weight excluding hydrogens is 420 g/mol. The number of tetrazole rings is 2. The van der Waals surface area contributed by atoms with E-state index in [1.807, 2.05) is 6.07 Å². The van der Waals surface area contributed by atoms with Crippen LogP contribution in [0.4, 0.5) is 11.4 Å². The van der Waals surface area contributed by atoms with Crippen LogP contribution in [0.25, 0.3) is 11.4 Å². The van der Waals surface area contributed by atoms with Crippen LogP contribution in [0.1, 0.15) is 10.4 Å². The number of hydrogen-bond acceptors (Lipinski definition) is 9. The zero-order chi connectivity index (χ0) is 21.6. The van der Waals surface area contributed by atoms with Crippen LogP contribution in [0.3, 0.4) is 0 Å². The zero-order valence-corrected chi connectivity index (χ0v) is 17.0. The minimum Gasteiger partial charge on any atom is -0.325 e. The van der Waals surface area contributed by atoms with Crippen molar-refractivity contribution in [1.82, 2.24) is 40.8 Å². The second-order valence-electron chi connectivity index (χ2n) is 6.27. The summed E-state index contributed by atoms with van der Waals surface area (Å²) in [6.07, 6.45) is 0. The van der Waals surface area contributed by atoms with Crippen molar-refractivity contribution in [2.75, 3.05) is 16.4 Å². The van der Waals surface area contributed by atoms with Crippen LogP contribution in [0.15, 0.2) is 53.7 Å². The normalized spacial score (nSPS) is 10.6. The molecule has 0 radical (unpaired) electrons. The fourth-order valence-corrected chi connectivity index (χ4v) is 3.25. The second-order valence-corrected chi connectivity index (χ2v) is 7.21. The molecule has 2 heterocycles. The Morgan fingerprint density at radius 2 is 1.90 bits per heavy atom. The number of carbonyl (C=O) groups excluding carboxylic acids is 2. The topological polar surface area (TPSA) is 156 Å². The quantitative estimate of drug-likeness (QED) is 0.364. The van der Waals surface area contributed by atoms with Crippen LogP contribution < -0.4 is 10.6 Å². The molecule has 0 atom stereocenters. The first-order chi connectivity index (χ1) is 15.1. The number of carbonyl (C=O) groups is 2. The van der Waals surface area contributed by atoms with Crippen molar-refractivity contribution in [2.45, 2.75) is 5.16 Å². The van der Waals surface area contributed by atoms with Crippen LogP contribution in [0, 0.1) is 0 Å². The first kappa shape index (κ1) is 20.2. The molecule has 0 unspecified atom stereocenters. The van der Waals surface area contributed by atoms with Gasteiger partial charge in [-0.1, -0.05) is 23.9 Å². The van der Waals surface area contributed by atoms with Crippen molar-refractivity contribution >= 4 is 35.0 Å². The molecule has 2 amide bonds. The lowest BCUT2D eigenvalue weighted by atomic mass is 10.1. The molecule has 0 aliphatic rings. The molecule has 0 spiro atoms. The third kappa shape index (κ3) is 5.08. The maximum absolute atomic E-state index is 12.5. The Kier molecular flexibility index (Phi) is 5.93. The van der Waals surface area contributed by atoms with Crippen molar-refractivity contribution in [3.05, 3.63) is 54.1 Å². The van der Waals surface area contributed by atoms with Crippen molar-refractivity contribution in [2.24, 2.45) is 7.05 Å². The summed E-state index contributed by atoms with van der Waals surface area (Å²) in [7, 11) is 1.70. The van der Waals surface area contributed by atoms with Gasteiger partial charge in [-0.05, 0) is 52.0 Å².